The third-order valence-corrected chi connectivity index (χ3v) is 4.23. The summed E-state index contributed by atoms with van der Waals surface area (Å²) in [6.07, 6.45) is 2.82. The van der Waals surface area contributed by atoms with E-state index in [9.17, 15) is 4.79 Å². The third-order valence-electron chi connectivity index (χ3n) is 3.04. The monoisotopic (exact) mass is 277 g/mol. The number of carbonyl (C=O) groups is 1. The first-order valence-electron chi connectivity index (χ1n) is 5.82. The highest BCUT2D eigenvalue weighted by molar-refractivity contribution is 9.09. The zero-order valence-corrected chi connectivity index (χ0v) is 12.0. The first-order valence-corrected chi connectivity index (χ1v) is 6.94. The molecule has 1 N–H and O–H groups in total. The number of hydrogen-bond donors (Lipinski definition) is 1. The number of hydrogen-bond acceptors (Lipinski definition) is 1. The van der Waals surface area contributed by atoms with Crippen molar-refractivity contribution in [1.29, 1.82) is 0 Å². The number of nitrogens with one attached hydrogen (secondary N) is 1. The maximum absolute atomic E-state index is 11.5. The smallest absolute Gasteiger partial charge is 0.220 e. The van der Waals surface area contributed by atoms with Crippen LogP contribution in [-0.2, 0) is 4.79 Å². The normalized spacial score (nSPS) is 11.9. The van der Waals surface area contributed by atoms with E-state index in [1.807, 2.05) is 0 Å². The Balaban J connectivity index is 4.05. The van der Waals surface area contributed by atoms with Crippen LogP contribution in [0.4, 0.5) is 0 Å². The van der Waals surface area contributed by atoms with Crippen LogP contribution in [0.2, 0.25) is 0 Å². The highest BCUT2D eigenvalue weighted by Crippen LogP contribution is 2.27. The maximum atomic E-state index is 11.5. The minimum atomic E-state index is 0.178. The quantitative estimate of drug-likeness (QED) is 0.711. The first-order chi connectivity index (χ1) is 6.99. The second-order valence-corrected chi connectivity index (χ2v) is 5.28. The molecule has 0 fully saturated rings. The van der Waals surface area contributed by atoms with E-state index >= 15 is 0 Å². The summed E-state index contributed by atoms with van der Waals surface area (Å²) in [6.45, 7) is 9.28. The molecule has 2 nitrogen and oxygen atoms in total. The summed E-state index contributed by atoms with van der Waals surface area (Å²) in [5, 5.41) is 3.99. The van der Waals surface area contributed by atoms with Crippen LogP contribution in [0.25, 0.3) is 0 Å². The van der Waals surface area contributed by atoms with Crippen LogP contribution in [0.5, 0.6) is 0 Å². The van der Waals surface area contributed by atoms with Gasteiger partial charge in [0, 0.05) is 18.3 Å². The molecule has 0 heterocycles. The Morgan fingerprint density at radius 3 is 2.20 bits per heavy atom. The molecule has 1 amide bonds. The number of amides is 1. The van der Waals surface area contributed by atoms with Gasteiger partial charge in [0.05, 0.1) is 0 Å². The molecular formula is C12H24BrNO. The van der Waals surface area contributed by atoms with Crippen LogP contribution < -0.4 is 5.32 Å². The van der Waals surface area contributed by atoms with Crippen molar-refractivity contribution >= 4 is 21.8 Å². The summed E-state index contributed by atoms with van der Waals surface area (Å²) in [4.78, 5) is 11.5. The molecule has 3 heteroatoms. The number of rotatable bonds is 7. The number of alkyl halides is 1. The lowest BCUT2D eigenvalue weighted by molar-refractivity contribution is -0.122. The van der Waals surface area contributed by atoms with Crippen molar-refractivity contribution < 1.29 is 4.79 Å². The molecule has 0 aliphatic rings. The van der Waals surface area contributed by atoms with E-state index in [4.69, 9.17) is 0 Å². The summed E-state index contributed by atoms with van der Waals surface area (Å²) in [7, 11) is 0. The second kappa shape index (κ2) is 7.26. The molecule has 0 aromatic heterocycles. The van der Waals surface area contributed by atoms with Gasteiger partial charge in [-0.25, -0.2) is 0 Å². The summed E-state index contributed by atoms with van der Waals surface area (Å²) in [5.41, 5.74) is 0.229. The van der Waals surface area contributed by atoms with Gasteiger partial charge >= 0.3 is 0 Å². The SMILES string of the molecule is CCC(CC)(CBr)CNC(=O)CC(C)C. The summed E-state index contributed by atoms with van der Waals surface area (Å²) in [5.74, 6) is 0.615. The fourth-order valence-corrected chi connectivity index (χ4v) is 2.46. The van der Waals surface area contributed by atoms with Crippen LogP contribution in [-0.4, -0.2) is 17.8 Å². The Hall–Kier alpha value is -0.0500. The largest absolute Gasteiger partial charge is 0.356 e. The van der Waals surface area contributed by atoms with Crippen molar-refractivity contribution in [2.24, 2.45) is 11.3 Å². The minimum Gasteiger partial charge on any atom is -0.356 e. The van der Waals surface area contributed by atoms with Gasteiger partial charge in [0.2, 0.25) is 5.91 Å². The molecule has 0 saturated heterocycles. The molecule has 0 aliphatic heterocycles. The van der Waals surface area contributed by atoms with Crippen molar-refractivity contribution in [2.75, 3.05) is 11.9 Å². The lowest BCUT2D eigenvalue weighted by Crippen LogP contribution is -2.38. The minimum absolute atomic E-state index is 0.178. The molecule has 0 aromatic carbocycles. The van der Waals surface area contributed by atoms with Gasteiger partial charge in [0.15, 0.2) is 0 Å². The first kappa shape index (κ1) is 14.9. The van der Waals surface area contributed by atoms with Gasteiger partial charge in [0.1, 0.15) is 0 Å². The Kier molecular flexibility index (Phi) is 7.24. The molecular weight excluding hydrogens is 254 g/mol. The predicted molar refractivity (Wildman–Crippen MR) is 69.3 cm³/mol. The lowest BCUT2D eigenvalue weighted by Gasteiger charge is -2.29. The topological polar surface area (TPSA) is 29.1 Å². The maximum Gasteiger partial charge on any atom is 0.220 e. The fraction of sp³-hybridized carbons (Fsp3) is 0.917. The van der Waals surface area contributed by atoms with Crippen LogP contribution in [0.15, 0.2) is 0 Å². The van der Waals surface area contributed by atoms with Gasteiger partial charge in [-0.05, 0) is 24.2 Å². The van der Waals surface area contributed by atoms with Crippen LogP contribution >= 0.6 is 15.9 Å². The standard InChI is InChI=1S/C12H24BrNO/c1-5-12(6-2,8-13)9-14-11(15)7-10(3)4/h10H,5-9H2,1-4H3,(H,14,15). The van der Waals surface area contributed by atoms with Gasteiger partial charge < -0.3 is 5.32 Å². The van der Waals surface area contributed by atoms with E-state index in [1.165, 1.54) is 0 Å². The van der Waals surface area contributed by atoms with Gasteiger partial charge in [-0.2, -0.15) is 0 Å². The third kappa shape index (κ3) is 5.55. The van der Waals surface area contributed by atoms with E-state index < -0.39 is 0 Å². The average Bonchev–Trinajstić information content (AvgIpc) is 2.20. The molecule has 0 bridgehead atoms. The fourth-order valence-electron chi connectivity index (χ4n) is 1.47. The second-order valence-electron chi connectivity index (χ2n) is 4.72. The van der Waals surface area contributed by atoms with Gasteiger partial charge in [0.25, 0.3) is 0 Å². The van der Waals surface area contributed by atoms with E-state index in [2.05, 4.69) is 48.9 Å². The predicted octanol–water partition coefficient (Wildman–Crippen LogP) is 3.35. The van der Waals surface area contributed by atoms with Gasteiger partial charge in [-0.1, -0.05) is 43.6 Å². The molecule has 0 aliphatic carbocycles. The van der Waals surface area contributed by atoms with E-state index in [0.717, 1.165) is 24.7 Å². The molecule has 0 saturated carbocycles. The van der Waals surface area contributed by atoms with Crippen molar-refractivity contribution in [3.05, 3.63) is 0 Å². The van der Waals surface area contributed by atoms with Crippen LogP contribution in [0.3, 0.4) is 0 Å². The van der Waals surface area contributed by atoms with Gasteiger partial charge in [-0.15, -0.1) is 0 Å². The Morgan fingerprint density at radius 2 is 1.87 bits per heavy atom. The van der Waals surface area contributed by atoms with Crippen molar-refractivity contribution in [3.8, 4) is 0 Å². The van der Waals surface area contributed by atoms with Crippen molar-refractivity contribution in [3.63, 3.8) is 0 Å². The zero-order valence-electron chi connectivity index (χ0n) is 10.4. The number of carbonyl (C=O) groups excluding carboxylic acids is 1. The molecule has 15 heavy (non-hydrogen) atoms. The molecule has 0 atom stereocenters. The molecule has 0 rings (SSSR count). The Labute approximate surface area is 102 Å². The lowest BCUT2D eigenvalue weighted by atomic mass is 9.84. The van der Waals surface area contributed by atoms with E-state index in [-0.39, 0.29) is 11.3 Å². The van der Waals surface area contributed by atoms with Gasteiger partial charge in [-0.3, -0.25) is 4.79 Å². The Morgan fingerprint density at radius 1 is 1.33 bits per heavy atom. The summed E-state index contributed by atoms with van der Waals surface area (Å²) in [6, 6.07) is 0. The van der Waals surface area contributed by atoms with Crippen molar-refractivity contribution in [1.82, 2.24) is 5.32 Å². The molecule has 0 spiro atoms. The van der Waals surface area contributed by atoms with Crippen LogP contribution in [0, 0.1) is 11.3 Å². The molecule has 0 aromatic rings. The number of halogens is 1. The zero-order chi connectivity index (χ0) is 11.9. The highest BCUT2D eigenvalue weighted by atomic mass is 79.9. The van der Waals surface area contributed by atoms with E-state index in [0.29, 0.717) is 12.3 Å². The average molecular weight is 278 g/mol. The molecule has 90 valence electrons. The van der Waals surface area contributed by atoms with E-state index in [1.54, 1.807) is 0 Å². The molecule has 0 unspecified atom stereocenters. The van der Waals surface area contributed by atoms with Crippen LogP contribution in [0.1, 0.15) is 47.0 Å². The highest BCUT2D eigenvalue weighted by Gasteiger charge is 2.25. The summed E-state index contributed by atoms with van der Waals surface area (Å²) >= 11 is 3.54. The Bertz CT molecular complexity index is 180. The van der Waals surface area contributed by atoms with Crippen molar-refractivity contribution in [2.45, 2.75) is 47.0 Å². The summed E-state index contributed by atoms with van der Waals surface area (Å²) < 4.78 is 0. The molecule has 0 radical (unpaired) electrons.